The third-order valence-electron chi connectivity index (χ3n) is 3.50. The Balaban J connectivity index is 2.10. The molecule has 0 atom stereocenters. The summed E-state index contributed by atoms with van der Waals surface area (Å²) in [5, 5.41) is 0.505. The zero-order valence-corrected chi connectivity index (χ0v) is 13.0. The summed E-state index contributed by atoms with van der Waals surface area (Å²) in [6.45, 7) is 6.53. The van der Waals surface area contributed by atoms with E-state index in [0.717, 1.165) is 16.7 Å². The normalized spacial score (nSPS) is 12.0. The van der Waals surface area contributed by atoms with Crippen molar-refractivity contribution < 1.29 is 4.42 Å². The van der Waals surface area contributed by atoms with Crippen molar-refractivity contribution >= 4 is 28.4 Å². The molecule has 0 bridgehead atoms. The summed E-state index contributed by atoms with van der Waals surface area (Å²) in [4.78, 5) is 4.56. The van der Waals surface area contributed by atoms with Gasteiger partial charge in [-0.1, -0.05) is 38.4 Å². The van der Waals surface area contributed by atoms with Gasteiger partial charge in [-0.15, -0.1) is 0 Å². The van der Waals surface area contributed by atoms with Crippen molar-refractivity contribution in [2.45, 2.75) is 26.2 Å². The number of hydrogen-bond donors (Lipinski definition) is 1. The summed E-state index contributed by atoms with van der Waals surface area (Å²) in [5.41, 5.74) is 10.0. The van der Waals surface area contributed by atoms with Crippen molar-refractivity contribution in [2.24, 2.45) is 0 Å². The highest BCUT2D eigenvalue weighted by atomic mass is 35.5. The molecule has 0 aliphatic heterocycles. The van der Waals surface area contributed by atoms with Crippen LogP contribution in [-0.4, -0.2) is 4.98 Å². The fourth-order valence-electron chi connectivity index (χ4n) is 2.18. The molecule has 0 spiro atoms. The van der Waals surface area contributed by atoms with Crippen molar-refractivity contribution in [1.29, 1.82) is 0 Å². The SMILES string of the molecule is CC(C)(C)c1ccc2oc(-c3ccc(N)c(Cl)c3)nc2c1. The smallest absolute Gasteiger partial charge is 0.227 e. The van der Waals surface area contributed by atoms with Crippen LogP contribution in [0.4, 0.5) is 5.69 Å². The molecule has 0 fully saturated rings. The van der Waals surface area contributed by atoms with Gasteiger partial charge in [0.05, 0.1) is 10.7 Å². The number of halogens is 1. The molecule has 0 aliphatic carbocycles. The van der Waals surface area contributed by atoms with E-state index in [1.165, 1.54) is 5.56 Å². The number of anilines is 1. The van der Waals surface area contributed by atoms with E-state index in [1.54, 1.807) is 12.1 Å². The van der Waals surface area contributed by atoms with Crippen LogP contribution in [0.25, 0.3) is 22.6 Å². The number of nitrogen functional groups attached to an aromatic ring is 1. The van der Waals surface area contributed by atoms with Crippen LogP contribution in [0, 0.1) is 0 Å². The van der Waals surface area contributed by atoms with Crippen molar-refractivity contribution in [3.05, 3.63) is 47.0 Å². The molecule has 0 radical (unpaired) electrons. The second-order valence-corrected chi connectivity index (χ2v) is 6.60. The monoisotopic (exact) mass is 300 g/mol. The molecule has 0 amide bonds. The van der Waals surface area contributed by atoms with Gasteiger partial charge in [-0.05, 0) is 41.3 Å². The first-order valence-electron chi connectivity index (χ1n) is 6.81. The molecule has 4 heteroatoms. The number of nitrogens with two attached hydrogens (primary N) is 1. The zero-order chi connectivity index (χ0) is 15.2. The molecule has 3 rings (SSSR count). The molecular weight excluding hydrogens is 284 g/mol. The molecule has 2 aromatic carbocycles. The van der Waals surface area contributed by atoms with E-state index in [0.29, 0.717) is 16.6 Å². The average Bonchev–Trinajstić information content (AvgIpc) is 2.83. The molecular formula is C17H17ClN2O. The van der Waals surface area contributed by atoms with Crippen LogP contribution in [0.2, 0.25) is 5.02 Å². The standard InChI is InChI=1S/C17H17ClN2O/c1-17(2,3)11-5-7-15-14(9-11)20-16(21-15)10-4-6-13(19)12(18)8-10/h4-9H,19H2,1-3H3. The van der Waals surface area contributed by atoms with Crippen LogP contribution < -0.4 is 5.73 Å². The first-order chi connectivity index (χ1) is 9.84. The highest BCUT2D eigenvalue weighted by Gasteiger charge is 2.16. The van der Waals surface area contributed by atoms with E-state index in [-0.39, 0.29) is 5.41 Å². The molecule has 2 N–H and O–H groups in total. The lowest BCUT2D eigenvalue weighted by atomic mass is 9.87. The van der Waals surface area contributed by atoms with E-state index in [1.807, 2.05) is 12.1 Å². The van der Waals surface area contributed by atoms with Gasteiger partial charge in [0.1, 0.15) is 5.52 Å². The van der Waals surface area contributed by atoms with E-state index in [2.05, 4.69) is 37.9 Å². The second kappa shape index (κ2) is 4.78. The Morgan fingerprint density at radius 3 is 2.52 bits per heavy atom. The minimum atomic E-state index is 0.0812. The Morgan fingerprint density at radius 1 is 1.10 bits per heavy atom. The van der Waals surface area contributed by atoms with Gasteiger partial charge in [0, 0.05) is 5.56 Å². The zero-order valence-electron chi connectivity index (χ0n) is 12.3. The predicted molar refractivity (Wildman–Crippen MR) is 87.6 cm³/mol. The largest absolute Gasteiger partial charge is 0.436 e. The molecule has 21 heavy (non-hydrogen) atoms. The summed E-state index contributed by atoms with van der Waals surface area (Å²) >= 11 is 6.05. The van der Waals surface area contributed by atoms with Gasteiger partial charge in [-0.3, -0.25) is 0 Å². The second-order valence-electron chi connectivity index (χ2n) is 6.19. The van der Waals surface area contributed by atoms with Gasteiger partial charge in [-0.2, -0.15) is 0 Å². The first-order valence-corrected chi connectivity index (χ1v) is 7.19. The first kappa shape index (κ1) is 14.0. The van der Waals surface area contributed by atoms with Crippen LogP contribution in [0.1, 0.15) is 26.3 Å². The fourth-order valence-corrected chi connectivity index (χ4v) is 2.36. The molecule has 1 aromatic heterocycles. The number of fused-ring (bicyclic) bond motifs is 1. The van der Waals surface area contributed by atoms with Crippen molar-refractivity contribution in [1.82, 2.24) is 4.98 Å². The van der Waals surface area contributed by atoms with E-state index >= 15 is 0 Å². The molecule has 1 heterocycles. The highest BCUT2D eigenvalue weighted by molar-refractivity contribution is 6.33. The van der Waals surface area contributed by atoms with Gasteiger partial charge >= 0.3 is 0 Å². The summed E-state index contributed by atoms with van der Waals surface area (Å²) in [6.07, 6.45) is 0. The van der Waals surface area contributed by atoms with Crippen molar-refractivity contribution in [3.63, 3.8) is 0 Å². The minimum Gasteiger partial charge on any atom is -0.436 e. The van der Waals surface area contributed by atoms with Gasteiger partial charge in [0.2, 0.25) is 5.89 Å². The number of oxazole rings is 1. The van der Waals surface area contributed by atoms with Crippen LogP contribution in [0.15, 0.2) is 40.8 Å². The lowest BCUT2D eigenvalue weighted by molar-refractivity contribution is 0.590. The van der Waals surface area contributed by atoms with Gasteiger partial charge in [0.15, 0.2) is 5.58 Å². The van der Waals surface area contributed by atoms with Crippen LogP contribution in [0.3, 0.4) is 0 Å². The third kappa shape index (κ3) is 2.61. The summed E-state index contributed by atoms with van der Waals surface area (Å²) in [7, 11) is 0. The Kier molecular flexibility index (Phi) is 3.18. The van der Waals surface area contributed by atoms with Crippen LogP contribution in [0.5, 0.6) is 0 Å². The number of benzene rings is 2. The Labute approximate surface area is 128 Å². The number of hydrogen-bond acceptors (Lipinski definition) is 3. The topological polar surface area (TPSA) is 52.0 Å². The molecule has 0 unspecified atom stereocenters. The maximum Gasteiger partial charge on any atom is 0.227 e. The molecule has 3 nitrogen and oxygen atoms in total. The minimum absolute atomic E-state index is 0.0812. The molecule has 108 valence electrons. The van der Waals surface area contributed by atoms with Crippen LogP contribution in [-0.2, 0) is 5.41 Å². The molecule has 0 saturated carbocycles. The predicted octanol–water partition coefficient (Wildman–Crippen LogP) is 5.03. The van der Waals surface area contributed by atoms with Gasteiger partial charge < -0.3 is 10.2 Å². The van der Waals surface area contributed by atoms with Crippen molar-refractivity contribution in [3.8, 4) is 11.5 Å². The summed E-state index contributed by atoms with van der Waals surface area (Å²) < 4.78 is 5.81. The van der Waals surface area contributed by atoms with E-state index < -0.39 is 0 Å². The van der Waals surface area contributed by atoms with E-state index in [4.69, 9.17) is 21.8 Å². The number of nitrogens with zero attached hydrogens (tertiary/aromatic N) is 1. The fraction of sp³-hybridized carbons (Fsp3) is 0.235. The number of aromatic nitrogens is 1. The van der Waals surface area contributed by atoms with Crippen LogP contribution >= 0.6 is 11.6 Å². The average molecular weight is 301 g/mol. The Morgan fingerprint density at radius 2 is 1.86 bits per heavy atom. The molecule has 0 aliphatic rings. The highest BCUT2D eigenvalue weighted by Crippen LogP contribution is 2.31. The summed E-state index contributed by atoms with van der Waals surface area (Å²) in [6, 6.07) is 11.5. The Bertz CT molecular complexity index is 815. The number of rotatable bonds is 1. The molecule has 3 aromatic rings. The van der Waals surface area contributed by atoms with Gasteiger partial charge in [0.25, 0.3) is 0 Å². The lowest BCUT2D eigenvalue weighted by Crippen LogP contribution is -2.10. The van der Waals surface area contributed by atoms with Gasteiger partial charge in [-0.25, -0.2) is 4.98 Å². The van der Waals surface area contributed by atoms with E-state index in [9.17, 15) is 0 Å². The third-order valence-corrected chi connectivity index (χ3v) is 3.83. The maximum atomic E-state index is 6.05. The quantitative estimate of drug-likeness (QED) is 0.641. The summed E-state index contributed by atoms with van der Waals surface area (Å²) in [5.74, 6) is 0.554. The Hall–Kier alpha value is -2.00. The molecule has 0 saturated heterocycles. The lowest BCUT2D eigenvalue weighted by Gasteiger charge is -2.18. The van der Waals surface area contributed by atoms with Crippen molar-refractivity contribution in [2.75, 3.05) is 5.73 Å². The maximum absolute atomic E-state index is 6.05.